The van der Waals surface area contributed by atoms with Crippen molar-refractivity contribution >= 4 is 5.91 Å². The highest BCUT2D eigenvalue weighted by molar-refractivity contribution is 5.82. The molecule has 1 saturated heterocycles. The number of piperazine rings is 1. The van der Waals surface area contributed by atoms with E-state index in [1.165, 1.54) is 49.1 Å². The molecule has 4 nitrogen and oxygen atoms in total. The van der Waals surface area contributed by atoms with Gasteiger partial charge in [-0.15, -0.1) is 0 Å². The van der Waals surface area contributed by atoms with Crippen molar-refractivity contribution in [1.82, 2.24) is 15.1 Å². The summed E-state index contributed by atoms with van der Waals surface area (Å²) in [6.45, 7) is 2.62. The molecule has 1 unspecified atom stereocenters. The lowest BCUT2D eigenvalue weighted by Gasteiger charge is -2.41. The monoisotopic (exact) mass is 517 g/mol. The van der Waals surface area contributed by atoms with E-state index in [1.54, 1.807) is 24.3 Å². The first-order chi connectivity index (χ1) is 18.6. The molecule has 0 spiro atoms. The molecule has 1 aliphatic carbocycles. The maximum atomic E-state index is 13.8. The maximum absolute atomic E-state index is 13.8. The van der Waals surface area contributed by atoms with Gasteiger partial charge in [0.15, 0.2) is 0 Å². The number of benzene rings is 3. The van der Waals surface area contributed by atoms with Crippen LogP contribution < -0.4 is 5.32 Å². The molecular weight excluding hydrogens is 480 g/mol. The minimum atomic E-state index is -0.281. The predicted molar refractivity (Wildman–Crippen MR) is 147 cm³/mol. The van der Waals surface area contributed by atoms with Gasteiger partial charge in [0.2, 0.25) is 5.91 Å². The SMILES string of the molecule is O=C(C(Cc1ccccc1)NC1CCCCC1)N1CCN(C(c2ccc(F)cc2)c2ccc(F)cc2)CC1. The van der Waals surface area contributed by atoms with E-state index in [4.69, 9.17) is 0 Å². The Kier molecular flexibility index (Phi) is 8.82. The van der Waals surface area contributed by atoms with E-state index < -0.39 is 0 Å². The van der Waals surface area contributed by atoms with Gasteiger partial charge in [-0.05, 0) is 60.2 Å². The molecule has 0 radical (unpaired) electrons. The van der Waals surface area contributed by atoms with E-state index in [1.807, 2.05) is 23.1 Å². The molecule has 6 heteroatoms. The van der Waals surface area contributed by atoms with Crippen LogP contribution in [0.5, 0.6) is 0 Å². The fourth-order valence-electron chi connectivity index (χ4n) is 5.95. The fraction of sp³-hybridized carbons (Fsp3) is 0.406. The number of amides is 1. The normalized spacial score (nSPS) is 18.0. The third-order valence-corrected chi connectivity index (χ3v) is 7.99. The Morgan fingerprint density at radius 3 is 1.87 bits per heavy atom. The van der Waals surface area contributed by atoms with Crippen LogP contribution in [0.4, 0.5) is 8.78 Å². The minimum absolute atomic E-state index is 0.131. The van der Waals surface area contributed by atoms with Gasteiger partial charge in [0.05, 0.1) is 12.1 Å². The lowest BCUT2D eigenvalue weighted by atomic mass is 9.93. The molecule has 1 aliphatic heterocycles. The van der Waals surface area contributed by atoms with Gasteiger partial charge in [0, 0.05) is 32.2 Å². The van der Waals surface area contributed by atoms with Gasteiger partial charge in [0.1, 0.15) is 11.6 Å². The van der Waals surface area contributed by atoms with Gasteiger partial charge in [-0.2, -0.15) is 0 Å². The minimum Gasteiger partial charge on any atom is -0.339 e. The largest absolute Gasteiger partial charge is 0.339 e. The number of carbonyl (C=O) groups is 1. The number of rotatable bonds is 8. The van der Waals surface area contributed by atoms with Gasteiger partial charge in [0.25, 0.3) is 0 Å². The van der Waals surface area contributed by atoms with Crippen LogP contribution >= 0.6 is 0 Å². The summed E-state index contributed by atoms with van der Waals surface area (Å²) in [6.07, 6.45) is 6.66. The van der Waals surface area contributed by atoms with Gasteiger partial charge in [-0.3, -0.25) is 9.69 Å². The molecule has 1 amide bonds. The summed E-state index contributed by atoms with van der Waals surface area (Å²) in [7, 11) is 0. The van der Waals surface area contributed by atoms with Crippen LogP contribution in [-0.2, 0) is 11.2 Å². The van der Waals surface area contributed by atoms with Crippen LogP contribution in [0.25, 0.3) is 0 Å². The molecule has 5 rings (SSSR count). The molecule has 2 fully saturated rings. The van der Waals surface area contributed by atoms with Crippen LogP contribution in [0.1, 0.15) is 54.8 Å². The summed E-state index contributed by atoms with van der Waals surface area (Å²) in [5.74, 6) is -0.395. The number of nitrogens with zero attached hydrogens (tertiary/aromatic N) is 2. The van der Waals surface area contributed by atoms with E-state index in [0.717, 1.165) is 24.0 Å². The standard InChI is InChI=1S/C32H37F2N3O/c33-27-15-11-25(12-16-27)31(26-13-17-28(34)18-14-26)36-19-21-37(22-20-36)32(38)30(23-24-7-3-1-4-8-24)35-29-9-5-2-6-10-29/h1,3-4,7-8,11-18,29-31,35H,2,5-6,9-10,19-23H2. The zero-order valence-corrected chi connectivity index (χ0v) is 21.9. The van der Waals surface area contributed by atoms with Gasteiger partial charge >= 0.3 is 0 Å². The molecule has 1 N–H and O–H groups in total. The first-order valence-electron chi connectivity index (χ1n) is 13.9. The van der Waals surface area contributed by atoms with Crippen molar-refractivity contribution in [2.45, 2.75) is 56.7 Å². The number of halogens is 2. The summed E-state index contributed by atoms with van der Waals surface area (Å²) in [5, 5.41) is 3.72. The summed E-state index contributed by atoms with van der Waals surface area (Å²) < 4.78 is 27.3. The second-order valence-corrected chi connectivity index (χ2v) is 10.6. The van der Waals surface area contributed by atoms with Gasteiger partial charge in [-0.1, -0.05) is 73.9 Å². The second-order valence-electron chi connectivity index (χ2n) is 10.6. The number of hydrogen-bond acceptors (Lipinski definition) is 3. The van der Waals surface area contributed by atoms with Crippen molar-refractivity contribution in [3.05, 3.63) is 107 Å². The summed E-state index contributed by atoms with van der Waals surface area (Å²) >= 11 is 0. The molecule has 1 saturated carbocycles. The summed E-state index contributed by atoms with van der Waals surface area (Å²) in [5.41, 5.74) is 3.08. The van der Waals surface area contributed by atoms with Crippen molar-refractivity contribution in [3.8, 4) is 0 Å². The molecule has 0 aromatic heterocycles. The van der Waals surface area contributed by atoms with Gasteiger partial charge in [-0.25, -0.2) is 8.78 Å². The Morgan fingerprint density at radius 1 is 0.763 bits per heavy atom. The van der Waals surface area contributed by atoms with E-state index in [2.05, 4.69) is 22.3 Å². The Hall–Kier alpha value is -3.09. The molecule has 0 bridgehead atoms. The molecule has 1 heterocycles. The zero-order chi connectivity index (χ0) is 26.3. The van der Waals surface area contributed by atoms with Crippen LogP contribution in [0.3, 0.4) is 0 Å². The van der Waals surface area contributed by atoms with Crippen molar-refractivity contribution in [2.75, 3.05) is 26.2 Å². The van der Waals surface area contributed by atoms with E-state index in [0.29, 0.717) is 38.6 Å². The Balaban J connectivity index is 1.30. The fourth-order valence-corrected chi connectivity index (χ4v) is 5.95. The average Bonchev–Trinajstić information content (AvgIpc) is 2.96. The topological polar surface area (TPSA) is 35.6 Å². The second kappa shape index (κ2) is 12.6. The maximum Gasteiger partial charge on any atom is 0.240 e. The lowest BCUT2D eigenvalue weighted by Crippen LogP contribution is -2.56. The summed E-state index contributed by atoms with van der Waals surface area (Å²) in [6, 6.07) is 23.3. The molecule has 2 aliphatic rings. The third-order valence-electron chi connectivity index (χ3n) is 7.99. The molecule has 3 aromatic carbocycles. The van der Waals surface area contributed by atoms with Crippen molar-refractivity contribution in [1.29, 1.82) is 0 Å². The molecule has 3 aromatic rings. The Labute approximate surface area is 224 Å². The van der Waals surface area contributed by atoms with E-state index >= 15 is 0 Å². The first kappa shape index (κ1) is 26.5. The van der Waals surface area contributed by atoms with Crippen molar-refractivity contribution in [2.24, 2.45) is 0 Å². The van der Waals surface area contributed by atoms with E-state index in [-0.39, 0.29) is 29.6 Å². The van der Waals surface area contributed by atoms with Crippen LogP contribution in [0, 0.1) is 11.6 Å². The highest BCUT2D eigenvalue weighted by atomic mass is 19.1. The molecule has 1 atom stereocenters. The van der Waals surface area contributed by atoms with E-state index in [9.17, 15) is 13.6 Å². The first-order valence-corrected chi connectivity index (χ1v) is 13.9. The number of carbonyl (C=O) groups excluding carboxylic acids is 1. The smallest absolute Gasteiger partial charge is 0.240 e. The van der Waals surface area contributed by atoms with Crippen LogP contribution in [0.2, 0.25) is 0 Å². The lowest BCUT2D eigenvalue weighted by molar-refractivity contribution is -0.135. The Morgan fingerprint density at radius 2 is 1.32 bits per heavy atom. The highest BCUT2D eigenvalue weighted by Crippen LogP contribution is 2.30. The van der Waals surface area contributed by atoms with Gasteiger partial charge < -0.3 is 10.2 Å². The van der Waals surface area contributed by atoms with Crippen LogP contribution in [-0.4, -0.2) is 54.0 Å². The highest BCUT2D eigenvalue weighted by Gasteiger charge is 2.32. The Bertz CT molecular complexity index is 1110. The number of nitrogens with one attached hydrogen (secondary N) is 1. The van der Waals surface area contributed by atoms with Crippen molar-refractivity contribution < 1.29 is 13.6 Å². The van der Waals surface area contributed by atoms with Crippen molar-refractivity contribution in [3.63, 3.8) is 0 Å². The predicted octanol–water partition coefficient (Wildman–Crippen LogP) is 5.73. The molecule has 200 valence electrons. The quantitative estimate of drug-likeness (QED) is 0.414. The molecule has 38 heavy (non-hydrogen) atoms. The summed E-state index contributed by atoms with van der Waals surface area (Å²) in [4.78, 5) is 18.1. The average molecular weight is 518 g/mol. The molecular formula is C32H37F2N3O. The third kappa shape index (κ3) is 6.66. The van der Waals surface area contributed by atoms with Crippen LogP contribution in [0.15, 0.2) is 78.9 Å². The number of hydrogen-bond donors (Lipinski definition) is 1. The zero-order valence-electron chi connectivity index (χ0n) is 21.9.